The van der Waals surface area contributed by atoms with Crippen LogP contribution in [0.1, 0.15) is 21.6 Å². The molecule has 2 heterocycles. The van der Waals surface area contributed by atoms with Gasteiger partial charge >= 0.3 is 5.76 Å². The molecule has 8 nitrogen and oxygen atoms in total. The molecule has 5 aromatic rings. The van der Waals surface area contributed by atoms with Crippen LogP contribution in [0.5, 0.6) is 5.75 Å². The van der Waals surface area contributed by atoms with Gasteiger partial charge in [-0.05, 0) is 42.8 Å². The molecule has 0 aliphatic rings. The lowest BCUT2D eigenvalue weighted by molar-refractivity contribution is 0.102. The molecule has 0 aliphatic heterocycles. The number of nitrogens with zero attached hydrogens (tertiary/aromatic N) is 2. The van der Waals surface area contributed by atoms with Gasteiger partial charge in [0, 0.05) is 17.1 Å². The van der Waals surface area contributed by atoms with Crippen molar-refractivity contribution in [2.45, 2.75) is 13.5 Å². The predicted molar refractivity (Wildman–Crippen MR) is 121 cm³/mol. The average molecular weight is 428 g/mol. The Morgan fingerprint density at radius 1 is 1.16 bits per heavy atom. The zero-order chi connectivity index (χ0) is 22.2. The Kier molecular flexibility index (Phi) is 4.74. The van der Waals surface area contributed by atoms with Crippen molar-refractivity contribution in [3.63, 3.8) is 0 Å². The number of methoxy groups -OCH3 is 1. The summed E-state index contributed by atoms with van der Waals surface area (Å²) < 4.78 is 12.2. The zero-order valence-corrected chi connectivity index (χ0v) is 17.5. The summed E-state index contributed by atoms with van der Waals surface area (Å²) in [6.45, 7) is 2.41. The molecule has 8 heteroatoms. The van der Waals surface area contributed by atoms with E-state index < -0.39 is 5.76 Å². The number of carbonyl (C=O) groups excluding carboxylic acids is 1. The van der Waals surface area contributed by atoms with Crippen LogP contribution in [0.4, 0.5) is 5.69 Å². The maximum Gasteiger partial charge on any atom is 0.420 e. The van der Waals surface area contributed by atoms with Gasteiger partial charge in [-0.15, -0.1) is 0 Å². The number of benzene rings is 3. The van der Waals surface area contributed by atoms with E-state index in [1.165, 1.54) is 0 Å². The molecule has 32 heavy (non-hydrogen) atoms. The van der Waals surface area contributed by atoms with Gasteiger partial charge in [0.15, 0.2) is 11.3 Å². The average Bonchev–Trinajstić information content (AvgIpc) is 3.34. The van der Waals surface area contributed by atoms with Gasteiger partial charge in [0.1, 0.15) is 5.75 Å². The summed E-state index contributed by atoms with van der Waals surface area (Å²) in [5.41, 5.74) is 4.66. The topological polar surface area (TPSA) is 102 Å². The Morgan fingerprint density at radius 3 is 2.84 bits per heavy atom. The molecule has 160 valence electrons. The minimum atomic E-state index is -0.449. The smallest absolute Gasteiger partial charge is 0.420 e. The molecule has 0 saturated carbocycles. The third kappa shape index (κ3) is 3.51. The molecule has 0 unspecified atom stereocenters. The second kappa shape index (κ2) is 7.73. The van der Waals surface area contributed by atoms with Crippen LogP contribution in [0.2, 0.25) is 0 Å². The summed E-state index contributed by atoms with van der Waals surface area (Å²) in [4.78, 5) is 25.3. The molecule has 2 aromatic heterocycles. The number of nitrogens with one attached hydrogen (secondary N) is 2. The summed E-state index contributed by atoms with van der Waals surface area (Å²) in [5, 5.41) is 10.4. The number of ether oxygens (including phenoxy) is 1. The van der Waals surface area contributed by atoms with Gasteiger partial charge in [-0.25, -0.2) is 4.79 Å². The summed E-state index contributed by atoms with van der Waals surface area (Å²) in [6.07, 6.45) is 0. The van der Waals surface area contributed by atoms with Gasteiger partial charge in [0.2, 0.25) is 0 Å². The lowest BCUT2D eigenvalue weighted by Crippen LogP contribution is -2.15. The van der Waals surface area contributed by atoms with Crippen LogP contribution in [-0.4, -0.2) is 27.8 Å². The molecule has 0 atom stereocenters. The first-order valence-corrected chi connectivity index (χ1v) is 10.0. The van der Waals surface area contributed by atoms with E-state index in [2.05, 4.69) is 15.5 Å². The minimum Gasteiger partial charge on any atom is -0.497 e. The van der Waals surface area contributed by atoms with Gasteiger partial charge in [0.25, 0.3) is 5.91 Å². The molecule has 0 fully saturated rings. The number of rotatable bonds is 5. The lowest BCUT2D eigenvalue weighted by atomic mass is 10.1. The Labute approximate surface area is 182 Å². The van der Waals surface area contributed by atoms with Crippen molar-refractivity contribution in [1.82, 2.24) is 14.8 Å². The van der Waals surface area contributed by atoms with Crippen LogP contribution >= 0.6 is 0 Å². The predicted octanol–water partition coefficient (Wildman–Crippen LogP) is 4.09. The maximum absolute atomic E-state index is 12.8. The maximum atomic E-state index is 12.8. The first kappa shape index (κ1) is 19.6. The number of hydrogen-bond acceptors (Lipinski definition) is 5. The molecule has 0 bridgehead atoms. The second-order valence-corrected chi connectivity index (χ2v) is 7.56. The van der Waals surface area contributed by atoms with Crippen LogP contribution in [0.3, 0.4) is 0 Å². The molecule has 1 amide bonds. The SMILES string of the molecule is COc1ccc2[nH]nc(C(=O)Nc3ccc4c(c3)oc(=O)n4Cc3cccc(C)c3)c2c1. The number of carbonyl (C=O) groups is 1. The Balaban J connectivity index is 1.43. The van der Waals surface area contributed by atoms with Crippen LogP contribution in [0.15, 0.2) is 69.9 Å². The van der Waals surface area contributed by atoms with Gasteiger partial charge in [0.05, 0.1) is 24.7 Å². The Bertz CT molecular complexity index is 1530. The largest absolute Gasteiger partial charge is 0.497 e. The quantitative estimate of drug-likeness (QED) is 0.439. The number of aryl methyl sites for hydroxylation is 1. The van der Waals surface area contributed by atoms with Gasteiger partial charge in [-0.2, -0.15) is 5.10 Å². The molecule has 0 saturated heterocycles. The number of aromatic nitrogens is 3. The van der Waals surface area contributed by atoms with E-state index in [1.807, 2.05) is 31.2 Å². The van der Waals surface area contributed by atoms with Crippen molar-refractivity contribution in [2.75, 3.05) is 12.4 Å². The molecular weight excluding hydrogens is 408 g/mol. The number of oxazole rings is 1. The third-order valence-corrected chi connectivity index (χ3v) is 5.33. The number of hydrogen-bond donors (Lipinski definition) is 2. The fourth-order valence-electron chi connectivity index (χ4n) is 3.77. The Hall–Kier alpha value is -4.33. The van der Waals surface area contributed by atoms with Crippen molar-refractivity contribution < 1.29 is 13.9 Å². The van der Waals surface area contributed by atoms with E-state index in [0.717, 1.165) is 16.6 Å². The first-order valence-electron chi connectivity index (χ1n) is 10.0. The number of amides is 1. The van der Waals surface area contributed by atoms with E-state index in [-0.39, 0.29) is 11.6 Å². The monoisotopic (exact) mass is 428 g/mol. The van der Waals surface area contributed by atoms with Crippen molar-refractivity contribution in [3.8, 4) is 5.75 Å². The van der Waals surface area contributed by atoms with Crippen molar-refractivity contribution in [2.24, 2.45) is 0 Å². The number of fused-ring (bicyclic) bond motifs is 2. The van der Waals surface area contributed by atoms with Crippen LogP contribution in [-0.2, 0) is 6.54 Å². The van der Waals surface area contributed by atoms with Crippen LogP contribution in [0, 0.1) is 6.92 Å². The summed E-state index contributed by atoms with van der Waals surface area (Å²) in [5.74, 6) is -0.202. The molecule has 0 spiro atoms. The van der Waals surface area contributed by atoms with Crippen molar-refractivity contribution >= 4 is 33.6 Å². The molecule has 3 aromatic carbocycles. The fourth-order valence-corrected chi connectivity index (χ4v) is 3.77. The van der Waals surface area contributed by atoms with Gasteiger partial charge in [-0.3, -0.25) is 14.5 Å². The summed E-state index contributed by atoms with van der Waals surface area (Å²) in [7, 11) is 1.56. The van der Waals surface area contributed by atoms with Crippen LogP contribution < -0.4 is 15.8 Å². The normalized spacial score (nSPS) is 11.2. The van der Waals surface area contributed by atoms with Gasteiger partial charge in [-0.1, -0.05) is 29.8 Å². The number of H-pyrrole nitrogens is 1. The highest BCUT2D eigenvalue weighted by atomic mass is 16.5. The standard InChI is InChI=1S/C24H20N4O4/c1-14-4-3-5-15(10-14)13-28-20-9-6-16(11-21(20)32-24(28)30)25-23(29)22-18-12-17(31-2)7-8-19(18)26-27-22/h3-12H,13H2,1-2H3,(H,25,29)(H,26,27). The molecule has 5 rings (SSSR count). The minimum absolute atomic E-state index is 0.248. The summed E-state index contributed by atoms with van der Waals surface area (Å²) >= 11 is 0. The molecule has 2 N–H and O–H groups in total. The number of anilines is 1. The zero-order valence-electron chi connectivity index (χ0n) is 17.5. The highest BCUT2D eigenvalue weighted by Crippen LogP contribution is 2.24. The van der Waals surface area contributed by atoms with E-state index >= 15 is 0 Å². The summed E-state index contributed by atoms with van der Waals surface area (Å²) in [6, 6.07) is 18.4. The second-order valence-electron chi connectivity index (χ2n) is 7.56. The van der Waals surface area contributed by atoms with E-state index in [1.54, 1.807) is 48.1 Å². The highest BCUT2D eigenvalue weighted by Gasteiger charge is 2.17. The molecule has 0 radical (unpaired) electrons. The van der Waals surface area contributed by atoms with E-state index in [4.69, 9.17) is 9.15 Å². The highest BCUT2D eigenvalue weighted by molar-refractivity contribution is 6.11. The molecular formula is C24H20N4O4. The lowest BCUT2D eigenvalue weighted by Gasteiger charge is -2.06. The van der Waals surface area contributed by atoms with E-state index in [0.29, 0.717) is 34.5 Å². The van der Waals surface area contributed by atoms with E-state index in [9.17, 15) is 9.59 Å². The Morgan fingerprint density at radius 2 is 2.03 bits per heavy atom. The van der Waals surface area contributed by atoms with Crippen molar-refractivity contribution in [1.29, 1.82) is 0 Å². The van der Waals surface area contributed by atoms with Crippen molar-refractivity contribution in [3.05, 3.63) is 88.0 Å². The van der Waals surface area contributed by atoms with Gasteiger partial charge < -0.3 is 14.5 Å². The third-order valence-electron chi connectivity index (χ3n) is 5.33. The number of aromatic amines is 1. The first-order chi connectivity index (χ1) is 15.5. The van der Waals surface area contributed by atoms with Crippen LogP contribution in [0.25, 0.3) is 22.0 Å². The fraction of sp³-hybridized carbons (Fsp3) is 0.125. The molecule has 0 aliphatic carbocycles.